The lowest BCUT2D eigenvalue weighted by Crippen LogP contribution is -2.41. The number of halogens is 1. The highest BCUT2D eigenvalue weighted by Gasteiger charge is 2.32. The van der Waals surface area contributed by atoms with Crippen molar-refractivity contribution in [3.63, 3.8) is 0 Å². The van der Waals surface area contributed by atoms with Gasteiger partial charge in [-0.15, -0.1) is 0 Å². The van der Waals surface area contributed by atoms with E-state index in [2.05, 4.69) is 0 Å². The van der Waals surface area contributed by atoms with E-state index < -0.39 is 5.97 Å². The highest BCUT2D eigenvalue weighted by Crippen LogP contribution is 2.31. The minimum Gasteiger partial charge on any atom is -0.481 e. The molecule has 1 aliphatic rings. The zero-order chi connectivity index (χ0) is 17.0. The number of amides is 1. The number of aliphatic carboxylic acids is 1. The van der Waals surface area contributed by atoms with Gasteiger partial charge < -0.3 is 10.0 Å². The van der Waals surface area contributed by atoms with Crippen LogP contribution in [0.2, 0.25) is 5.02 Å². The largest absolute Gasteiger partial charge is 0.481 e. The molecule has 1 fully saturated rings. The SMILES string of the molecule is CC(C)N(Cc1cccc(Cl)c1)C(=O)C1CCC(C(=O)O)CC1. The van der Waals surface area contributed by atoms with Crippen molar-refractivity contribution in [2.75, 3.05) is 0 Å². The van der Waals surface area contributed by atoms with E-state index in [1.54, 1.807) is 0 Å². The molecule has 1 amide bonds. The van der Waals surface area contributed by atoms with Crippen LogP contribution < -0.4 is 0 Å². The van der Waals surface area contributed by atoms with Gasteiger partial charge >= 0.3 is 5.97 Å². The van der Waals surface area contributed by atoms with E-state index in [9.17, 15) is 9.59 Å². The number of rotatable bonds is 5. The van der Waals surface area contributed by atoms with Crippen LogP contribution in [0.3, 0.4) is 0 Å². The summed E-state index contributed by atoms with van der Waals surface area (Å²) in [7, 11) is 0. The van der Waals surface area contributed by atoms with E-state index in [0.717, 1.165) is 5.56 Å². The molecule has 0 bridgehead atoms. The summed E-state index contributed by atoms with van der Waals surface area (Å²) in [5.74, 6) is -0.967. The molecular weight excluding hydrogens is 314 g/mol. The van der Waals surface area contributed by atoms with Crippen molar-refractivity contribution in [2.45, 2.75) is 52.1 Å². The molecule has 0 spiro atoms. The molecule has 5 heteroatoms. The quantitative estimate of drug-likeness (QED) is 0.884. The van der Waals surface area contributed by atoms with Crippen LogP contribution in [-0.4, -0.2) is 27.9 Å². The Morgan fingerprint density at radius 2 is 1.83 bits per heavy atom. The van der Waals surface area contributed by atoms with Gasteiger partial charge in [0.05, 0.1) is 5.92 Å². The Kier molecular flexibility index (Phi) is 6.05. The van der Waals surface area contributed by atoms with E-state index in [4.69, 9.17) is 16.7 Å². The molecule has 0 unspecified atom stereocenters. The zero-order valence-electron chi connectivity index (χ0n) is 13.7. The zero-order valence-corrected chi connectivity index (χ0v) is 14.4. The van der Waals surface area contributed by atoms with E-state index in [0.29, 0.717) is 37.3 Å². The van der Waals surface area contributed by atoms with E-state index in [1.807, 2.05) is 43.0 Å². The van der Waals surface area contributed by atoms with Gasteiger partial charge in [0, 0.05) is 23.5 Å². The van der Waals surface area contributed by atoms with Gasteiger partial charge in [0.1, 0.15) is 0 Å². The number of carbonyl (C=O) groups is 2. The van der Waals surface area contributed by atoms with Crippen molar-refractivity contribution in [1.82, 2.24) is 4.90 Å². The molecule has 0 heterocycles. The van der Waals surface area contributed by atoms with Gasteiger partial charge in [0.15, 0.2) is 0 Å². The highest BCUT2D eigenvalue weighted by molar-refractivity contribution is 6.30. The highest BCUT2D eigenvalue weighted by atomic mass is 35.5. The lowest BCUT2D eigenvalue weighted by molar-refractivity contribution is -0.146. The predicted molar refractivity (Wildman–Crippen MR) is 90.2 cm³/mol. The summed E-state index contributed by atoms with van der Waals surface area (Å²) >= 11 is 6.02. The van der Waals surface area contributed by atoms with Gasteiger partial charge in [0.25, 0.3) is 0 Å². The summed E-state index contributed by atoms with van der Waals surface area (Å²) < 4.78 is 0. The molecule has 0 atom stereocenters. The Hall–Kier alpha value is -1.55. The van der Waals surface area contributed by atoms with Crippen molar-refractivity contribution >= 4 is 23.5 Å². The first kappa shape index (κ1) is 17.8. The van der Waals surface area contributed by atoms with Gasteiger partial charge in [-0.25, -0.2) is 0 Å². The predicted octanol–water partition coefficient (Wildman–Crippen LogP) is 3.97. The minimum atomic E-state index is -0.740. The third-order valence-electron chi connectivity index (χ3n) is 4.57. The first-order valence-electron chi connectivity index (χ1n) is 8.16. The molecular formula is C18H24ClNO3. The Bertz CT molecular complexity index is 565. The number of hydrogen-bond donors (Lipinski definition) is 1. The molecule has 2 rings (SSSR count). The fraction of sp³-hybridized carbons (Fsp3) is 0.556. The van der Waals surface area contributed by atoms with Gasteiger partial charge in [0.2, 0.25) is 5.91 Å². The molecule has 1 aliphatic carbocycles. The fourth-order valence-electron chi connectivity index (χ4n) is 3.17. The molecule has 4 nitrogen and oxygen atoms in total. The number of nitrogens with zero attached hydrogens (tertiary/aromatic N) is 1. The Balaban J connectivity index is 2.03. The standard InChI is InChI=1S/C18H24ClNO3/c1-12(2)20(11-13-4-3-5-16(19)10-13)17(21)14-6-8-15(9-7-14)18(22)23/h3-5,10,12,14-15H,6-9,11H2,1-2H3,(H,22,23). The summed E-state index contributed by atoms with van der Waals surface area (Å²) in [6.45, 7) is 4.55. The number of carboxylic acids is 1. The van der Waals surface area contributed by atoms with Crippen LogP contribution in [0.25, 0.3) is 0 Å². The van der Waals surface area contributed by atoms with Crippen molar-refractivity contribution in [1.29, 1.82) is 0 Å². The first-order chi connectivity index (χ1) is 10.9. The second-order valence-electron chi connectivity index (χ2n) is 6.58. The number of carbonyl (C=O) groups excluding carboxylic acids is 1. The van der Waals surface area contributed by atoms with Crippen LogP contribution in [-0.2, 0) is 16.1 Å². The van der Waals surface area contributed by atoms with Crippen molar-refractivity contribution in [3.05, 3.63) is 34.9 Å². The lowest BCUT2D eigenvalue weighted by Gasteiger charge is -2.33. The van der Waals surface area contributed by atoms with Gasteiger partial charge in [-0.1, -0.05) is 23.7 Å². The second-order valence-corrected chi connectivity index (χ2v) is 7.01. The summed E-state index contributed by atoms with van der Waals surface area (Å²) in [5.41, 5.74) is 1.01. The Morgan fingerprint density at radius 1 is 1.22 bits per heavy atom. The molecule has 1 N–H and O–H groups in total. The fourth-order valence-corrected chi connectivity index (χ4v) is 3.38. The van der Waals surface area contributed by atoms with Gasteiger partial charge in [-0.3, -0.25) is 9.59 Å². The van der Waals surface area contributed by atoms with E-state index >= 15 is 0 Å². The molecule has 0 radical (unpaired) electrons. The lowest BCUT2D eigenvalue weighted by atomic mass is 9.81. The second kappa shape index (κ2) is 7.82. The summed E-state index contributed by atoms with van der Waals surface area (Å²) in [4.78, 5) is 25.8. The van der Waals surface area contributed by atoms with Crippen molar-refractivity contribution < 1.29 is 14.7 Å². The maximum absolute atomic E-state index is 12.9. The first-order valence-corrected chi connectivity index (χ1v) is 8.54. The maximum Gasteiger partial charge on any atom is 0.306 e. The normalized spacial score (nSPS) is 21.2. The molecule has 0 aliphatic heterocycles. The van der Waals surface area contributed by atoms with Crippen molar-refractivity contribution in [3.8, 4) is 0 Å². The summed E-state index contributed by atoms with van der Waals surface area (Å²) in [5, 5.41) is 9.74. The maximum atomic E-state index is 12.9. The average molecular weight is 338 g/mol. The van der Waals surface area contributed by atoms with Crippen LogP contribution in [0.15, 0.2) is 24.3 Å². The number of hydrogen-bond acceptors (Lipinski definition) is 2. The summed E-state index contributed by atoms with van der Waals surface area (Å²) in [6.07, 6.45) is 2.51. The smallest absolute Gasteiger partial charge is 0.306 e. The van der Waals surface area contributed by atoms with Gasteiger partial charge in [-0.2, -0.15) is 0 Å². The number of carboxylic acid groups (broad SMARTS) is 1. The average Bonchev–Trinajstić information content (AvgIpc) is 2.52. The molecule has 0 aromatic heterocycles. The van der Waals surface area contributed by atoms with Crippen LogP contribution in [0.1, 0.15) is 45.1 Å². The Morgan fingerprint density at radius 3 is 2.35 bits per heavy atom. The summed E-state index contributed by atoms with van der Waals surface area (Å²) in [6, 6.07) is 7.65. The topological polar surface area (TPSA) is 57.6 Å². The molecule has 0 saturated heterocycles. The van der Waals surface area contributed by atoms with Crippen LogP contribution >= 0.6 is 11.6 Å². The van der Waals surface area contributed by atoms with Crippen molar-refractivity contribution in [2.24, 2.45) is 11.8 Å². The molecule has 1 aromatic rings. The van der Waals surface area contributed by atoms with E-state index in [-0.39, 0.29) is 23.8 Å². The minimum absolute atomic E-state index is 0.0628. The molecule has 1 aromatic carbocycles. The van der Waals surface area contributed by atoms with E-state index in [1.165, 1.54) is 0 Å². The van der Waals surface area contributed by atoms with Crippen LogP contribution in [0, 0.1) is 11.8 Å². The third kappa shape index (κ3) is 4.71. The third-order valence-corrected chi connectivity index (χ3v) is 4.81. The van der Waals surface area contributed by atoms with Crippen LogP contribution in [0.4, 0.5) is 0 Å². The monoisotopic (exact) mass is 337 g/mol. The molecule has 1 saturated carbocycles. The molecule has 126 valence electrons. The number of benzene rings is 1. The van der Waals surface area contributed by atoms with Gasteiger partial charge in [-0.05, 0) is 57.2 Å². The van der Waals surface area contributed by atoms with Crippen LogP contribution in [0.5, 0.6) is 0 Å². The molecule has 23 heavy (non-hydrogen) atoms. The Labute approximate surface area is 142 Å².